The molecule has 1 heterocycles. The number of rotatable bonds is 5. The largest absolute Gasteiger partial charge is 0.497 e. The summed E-state index contributed by atoms with van der Waals surface area (Å²) < 4.78 is 12.7. The third-order valence-electron chi connectivity index (χ3n) is 3.49. The maximum Gasteiger partial charge on any atom is 0.118 e. The standard InChI is InChI=1S/C18H19N2O2P/c1-21-15-5-9-17(10-6-15)23(20-14-4-3-13-19-20)18-11-7-16(22-2)8-12-18/h3-14,19H,1-2H3. The van der Waals surface area contributed by atoms with E-state index >= 15 is 0 Å². The molecule has 118 valence electrons. The minimum Gasteiger partial charge on any atom is -0.497 e. The summed E-state index contributed by atoms with van der Waals surface area (Å²) in [6, 6.07) is 16.4. The van der Waals surface area contributed by atoms with E-state index in [4.69, 9.17) is 9.47 Å². The van der Waals surface area contributed by atoms with Crippen LogP contribution in [0, 0.1) is 0 Å². The zero-order chi connectivity index (χ0) is 16.1. The molecule has 0 atom stereocenters. The molecule has 0 bridgehead atoms. The van der Waals surface area contributed by atoms with Crippen LogP contribution in [0.3, 0.4) is 0 Å². The minimum atomic E-state index is -0.731. The van der Waals surface area contributed by atoms with E-state index < -0.39 is 8.07 Å². The van der Waals surface area contributed by atoms with E-state index in [0.29, 0.717) is 0 Å². The molecule has 0 saturated carbocycles. The molecule has 0 spiro atoms. The molecule has 2 aromatic carbocycles. The van der Waals surface area contributed by atoms with Crippen molar-refractivity contribution in [2.45, 2.75) is 0 Å². The first-order valence-electron chi connectivity index (χ1n) is 7.29. The number of allylic oxidation sites excluding steroid dienone is 2. The van der Waals surface area contributed by atoms with Gasteiger partial charge in [-0.15, -0.1) is 0 Å². The van der Waals surface area contributed by atoms with Gasteiger partial charge in [0.1, 0.15) is 11.5 Å². The van der Waals surface area contributed by atoms with Crippen molar-refractivity contribution in [2.75, 3.05) is 14.2 Å². The first-order chi connectivity index (χ1) is 11.3. The van der Waals surface area contributed by atoms with Crippen LogP contribution in [0.25, 0.3) is 0 Å². The van der Waals surface area contributed by atoms with Gasteiger partial charge in [0.25, 0.3) is 0 Å². The van der Waals surface area contributed by atoms with Crippen molar-refractivity contribution >= 4 is 18.7 Å². The predicted molar refractivity (Wildman–Crippen MR) is 95.4 cm³/mol. The molecule has 0 aromatic heterocycles. The summed E-state index contributed by atoms with van der Waals surface area (Å²) in [6.45, 7) is 0. The smallest absolute Gasteiger partial charge is 0.118 e. The fraction of sp³-hybridized carbons (Fsp3) is 0.111. The zero-order valence-electron chi connectivity index (χ0n) is 13.1. The van der Waals surface area contributed by atoms with Crippen molar-refractivity contribution in [2.24, 2.45) is 0 Å². The number of hydrogen-bond acceptors (Lipinski definition) is 4. The van der Waals surface area contributed by atoms with Crippen LogP contribution in [0.2, 0.25) is 0 Å². The fourth-order valence-corrected chi connectivity index (χ4v) is 4.37. The van der Waals surface area contributed by atoms with E-state index in [1.165, 1.54) is 10.6 Å². The highest BCUT2D eigenvalue weighted by molar-refractivity contribution is 7.70. The van der Waals surface area contributed by atoms with Crippen molar-refractivity contribution in [3.05, 3.63) is 73.1 Å². The van der Waals surface area contributed by atoms with Crippen LogP contribution in [-0.4, -0.2) is 19.0 Å². The molecular weight excluding hydrogens is 307 g/mol. The molecule has 5 heteroatoms. The average molecular weight is 326 g/mol. The number of ether oxygens (including phenoxy) is 2. The Labute approximate surface area is 137 Å². The maximum absolute atomic E-state index is 5.27. The predicted octanol–water partition coefficient (Wildman–Crippen LogP) is 2.90. The molecule has 0 fully saturated rings. The Morgan fingerprint density at radius 3 is 1.70 bits per heavy atom. The average Bonchev–Trinajstić information content (AvgIpc) is 2.64. The number of nitrogens with zero attached hydrogens (tertiary/aromatic N) is 1. The Morgan fingerprint density at radius 2 is 1.30 bits per heavy atom. The Bertz CT molecular complexity index is 648. The monoisotopic (exact) mass is 326 g/mol. The van der Waals surface area contributed by atoms with Crippen LogP contribution in [0.4, 0.5) is 0 Å². The zero-order valence-corrected chi connectivity index (χ0v) is 14.0. The van der Waals surface area contributed by atoms with Gasteiger partial charge < -0.3 is 14.9 Å². The molecule has 0 unspecified atom stereocenters. The lowest BCUT2D eigenvalue weighted by Gasteiger charge is -2.32. The summed E-state index contributed by atoms with van der Waals surface area (Å²) in [5.41, 5.74) is 3.31. The second-order valence-electron chi connectivity index (χ2n) is 4.88. The third kappa shape index (κ3) is 3.49. The van der Waals surface area contributed by atoms with E-state index in [1.807, 2.05) is 42.6 Å². The second kappa shape index (κ2) is 7.21. The normalized spacial score (nSPS) is 13.1. The Kier molecular flexibility index (Phi) is 4.84. The summed E-state index contributed by atoms with van der Waals surface area (Å²) in [5.74, 6) is 1.72. The van der Waals surface area contributed by atoms with Gasteiger partial charge in [0.2, 0.25) is 0 Å². The molecule has 23 heavy (non-hydrogen) atoms. The molecule has 0 aliphatic carbocycles. The van der Waals surface area contributed by atoms with Gasteiger partial charge in [-0.05, 0) is 60.7 Å². The number of benzene rings is 2. The first-order valence-corrected chi connectivity index (χ1v) is 8.58. The molecule has 1 aliphatic rings. The van der Waals surface area contributed by atoms with Gasteiger partial charge in [-0.1, -0.05) is 0 Å². The SMILES string of the molecule is COc1ccc(P(c2ccc(OC)cc2)N2C=CC=CN2)cc1. The molecule has 1 N–H and O–H groups in total. The third-order valence-corrected chi connectivity index (χ3v) is 5.75. The molecule has 0 radical (unpaired) electrons. The van der Waals surface area contributed by atoms with E-state index in [2.05, 4.69) is 40.7 Å². The molecule has 1 aliphatic heterocycles. The van der Waals surface area contributed by atoms with Crippen molar-refractivity contribution in [3.63, 3.8) is 0 Å². The van der Waals surface area contributed by atoms with Crippen LogP contribution in [0.5, 0.6) is 11.5 Å². The Hall–Kier alpha value is -2.45. The molecule has 4 nitrogen and oxygen atoms in total. The van der Waals surface area contributed by atoms with Crippen molar-refractivity contribution < 1.29 is 9.47 Å². The number of methoxy groups -OCH3 is 2. The number of hydrazine groups is 1. The summed E-state index contributed by atoms with van der Waals surface area (Å²) in [4.78, 5) is 0. The van der Waals surface area contributed by atoms with E-state index in [9.17, 15) is 0 Å². The fourth-order valence-electron chi connectivity index (χ4n) is 2.32. The lowest BCUT2D eigenvalue weighted by molar-refractivity contribution is 0.415. The highest BCUT2D eigenvalue weighted by atomic mass is 31.1. The molecule has 2 aromatic rings. The quantitative estimate of drug-likeness (QED) is 0.857. The molecule has 3 rings (SSSR count). The van der Waals surface area contributed by atoms with Gasteiger partial charge in [0.15, 0.2) is 0 Å². The second-order valence-corrected chi connectivity index (χ2v) is 6.97. The topological polar surface area (TPSA) is 33.7 Å². The first kappa shape index (κ1) is 15.4. The van der Waals surface area contributed by atoms with Gasteiger partial charge >= 0.3 is 0 Å². The summed E-state index contributed by atoms with van der Waals surface area (Å²) in [5, 5.41) is 2.47. The van der Waals surface area contributed by atoms with Gasteiger partial charge in [0.05, 0.1) is 22.3 Å². The van der Waals surface area contributed by atoms with Crippen LogP contribution in [0.1, 0.15) is 0 Å². The highest BCUT2D eigenvalue weighted by Crippen LogP contribution is 2.38. The van der Waals surface area contributed by atoms with Crippen molar-refractivity contribution in [1.29, 1.82) is 0 Å². The van der Waals surface area contributed by atoms with Gasteiger partial charge in [0, 0.05) is 23.0 Å². The maximum atomic E-state index is 5.27. The lowest BCUT2D eigenvalue weighted by Crippen LogP contribution is -2.33. The molecule has 0 saturated heterocycles. The van der Waals surface area contributed by atoms with Crippen LogP contribution < -0.4 is 25.5 Å². The van der Waals surface area contributed by atoms with Crippen molar-refractivity contribution in [1.82, 2.24) is 10.2 Å². The van der Waals surface area contributed by atoms with Crippen LogP contribution in [-0.2, 0) is 0 Å². The van der Waals surface area contributed by atoms with Crippen LogP contribution >= 0.6 is 8.07 Å². The Balaban J connectivity index is 1.97. The summed E-state index contributed by atoms with van der Waals surface area (Å²) in [7, 11) is 2.63. The highest BCUT2D eigenvalue weighted by Gasteiger charge is 2.20. The molecule has 0 amide bonds. The number of nitrogens with one attached hydrogen (secondary N) is 1. The summed E-state index contributed by atoms with van der Waals surface area (Å²) in [6.07, 6.45) is 7.99. The Morgan fingerprint density at radius 1 is 0.783 bits per heavy atom. The summed E-state index contributed by atoms with van der Waals surface area (Å²) >= 11 is 0. The molecular formula is C18H19N2O2P. The van der Waals surface area contributed by atoms with Gasteiger partial charge in [-0.2, -0.15) is 0 Å². The number of hydrogen-bond donors (Lipinski definition) is 1. The van der Waals surface area contributed by atoms with Gasteiger partial charge in [-0.3, -0.25) is 4.78 Å². The van der Waals surface area contributed by atoms with E-state index in [0.717, 1.165) is 11.5 Å². The lowest BCUT2D eigenvalue weighted by atomic mass is 10.3. The van der Waals surface area contributed by atoms with E-state index in [-0.39, 0.29) is 0 Å². The minimum absolute atomic E-state index is 0.731. The van der Waals surface area contributed by atoms with Crippen molar-refractivity contribution in [3.8, 4) is 11.5 Å². The van der Waals surface area contributed by atoms with Crippen LogP contribution in [0.15, 0.2) is 73.1 Å². The van der Waals surface area contributed by atoms with E-state index in [1.54, 1.807) is 14.2 Å². The van der Waals surface area contributed by atoms with Gasteiger partial charge in [-0.25, -0.2) is 0 Å².